The zero-order valence-electron chi connectivity index (χ0n) is 10.3. The summed E-state index contributed by atoms with van der Waals surface area (Å²) in [4.78, 5) is 12.0. The first-order valence-corrected chi connectivity index (χ1v) is 6.47. The number of benzene rings is 1. The number of nitrogens with one attached hydrogen (secondary N) is 1. The van der Waals surface area contributed by atoms with Crippen molar-refractivity contribution >= 4 is 33.2 Å². The van der Waals surface area contributed by atoms with Crippen molar-refractivity contribution in [1.29, 1.82) is 0 Å². The van der Waals surface area contributed by atoms with Crippen molar-refractivity contribution in [2.75, 3.05) is 11.1 Å². The quantitative estimate of drug-likeness (QED) is 0.823. The molecule has 0 aromatic heterocycles. The lowest BCUT2D eigenvalue weighted by Gasteiger charge is -2.12. The average Bonchev–Trinajstić information content (AvgIpc) is 2.81. The Kier molecular flexibility index (Phi) is 2.94. The predicted octanol–water partition coefficient (Wildman–Crippen LogP) is 3.32. The van der Waals surface area contributed by atoms with Crippen LogP contribution in [0.3, 0.4) is 0 Å². The van der Waals surface area contributed by atoms with E-state index in [1.807, 2.05) is 19.1 Å². The van der Waals surface area contributed by atoms with E-state index in [1.54, 1.807) is 0 Å². The van der Waals surface area contributed by atoms with Gasteiger partial charge >= 0.3 is 0 Å². The monoisotopic (exact) mass is 296 g/mol. The van der Waals surface area contributed by atoms with Crippen LogP contribution < -0.4 is 11.1 Å². The minimum atomic E-state index is 0.0613. The van der Waals surface area contributed by atoms with Crippen molar-refractivity contribution in [2.24, 2.45) is 11.3 Å². The molecule has 1 saturated carbocycles. The maximum absolute atomic E-state index is 12.0. The highest BCUT2D eigenvalue weighted by Gasteiger charge is 2.50. The molecule has 4 heteroatoms. The third kappa shape index (κ3) is 2.46. The summed E-state index contributed by atoms with van der Waals surface area (Å²) in [6, 6.07) is 3.81. The summed E-state index contributed by atoms with van der Waals surface area (Å²) < 4.78 is 0.835. The standard InChI is InChI=1S/C13H17BrN2O/c1-7-4-9(14)11(10(15)5-7)16-12(17)8-6-13(8,2)3/h4-5,8H,6,15H2,1-3H3,(H,16,17). The fourth-order valence-corrected chi connectivity index (χ4v) is 2.72. The SMILES string of the molecule is Cc1cc(N)c(NC(=O)C2CC2(C)C)c(Br)c1. The molecule has 17 heavy (non-hydrogen) atoms. The number of anilines is 2. The summed E-state index contributed by atoms with van der Waals surface area (Å²) in [6.07, 6.45) is 0.947. The summed E-state index contributed by atoms with van der Waals surface area (Å²) in [7, 11) is 0. The fraction of sp³-hybridized carbons (Fsp3) is 0.462. The fourth-order valence-electron chi connectivity index (χ4n) is 2.03. The number of amides is 1. The Morgan fingerprint density at radius 2 is 2.12 bits per heavy atom. The Labute approximate surface area is 110 Å². The number of nitrogens with two attached hydrogens (primary N) is 1. The van der Waals surface area contributed by atoms with Crippen LogP contribution in [0, 0.1) is 18.3 Å². The van der Waals surface area contributed by atoms with Crippen molar-refractivity contribution in [3.05, 3.63) is 22.2 Å². The second kappa shape index (κ2) is 4.02. The van der Waals surface area contributed by atoms with E-state index in [-0.39, 0.29) is 17.2 Å². The number of rotatable bonds is 2. The first kappa shape index (κ1) is 12.4. The summed E-state index contributed by atoms with van der Waals surface area (Å²) in [5, 5.41) is 2.91. The number of hydrogen-bond donors (Lipinski definition) is 2. The lowest BCUT2D eigenvalue weighted by molar-refractivity contribution is -0.118. The summed E-state index contributed by atoms with van der Waals surface area (Å²) in [6.45, 7) is 6.17. The molecule has 2 rings (SSSR count). The molecule has 1 aliphatic carbocycles. The minimum Gasteiger partial charge on any atom is -0.397 e. The van der Waals surface area contributed by atoms with Crippen molar-refractivity contribution in [1.82, 2.24) is 0 Å². The number of aryl methyl sites for hydroxylation is 1. The first-order chi connectivity index (χ1) is 7.81. The van der Waals surface area contributed by atoms with Crippen LogP contribution in [0.5, 0.6) is 0 Å². The highest BCUT2D eigenvalue weighted by Crippen LogP contribution is 2.52. The minimum absolute atomic E-state index is 0.0613. The molecule has 0 saturated heterocycles. The van der Waals surface area contributed by atoms with Crippen molar-refractivity contribution in [3.63, 3.8) is 0 Å². The molecule has 1 aromatic carbocycles. The second-order valence-corrected chi connectivity index (χ2v) is 6.30. The van der Waals surface area contributed by atoms with Gasteiger partial charge in [-0.15, -0.1) is 0 Å². The lowest BCUT2D eigenvalue weighted by Crippen LogP contribution is -2.17. The number of carbonyl (C=O) groups is 1. The van der Waals surface area contributed by atoms with Gasteiger partial charge in [-0.05, 0) is 52.4 Å². The van der Waals surface area contributed by atoms with Gasteiger partial charge in [-0.3, -0.25) is 4.79 Å². The van der Waals surface area contributed by atoms with E-state index in [2.05, 4.69) is 35.1 Å². The summed E-state index contributed by atoms with van der Waals surface area (Å²) in [5.41, 5.74) is 8.40. The van der Waals surface area contributed by atoms with Gasteiger partial charge in [-0.25, -0.2) is 0 Å². The molecule has 3 N–H and O–H groups in total. The van der Waals surface area contributed by atoms with E-state index in [1.165, 1.54) is 0 Å². The molecule has 1 fully saturated rings. The largest absolute Gasteiger partial charge is 0.397 e. The molecular weight excluding hydrogens is 280 g/mol. The van der Waals surface area contributed by atoms with E-state index >= 15 is 0 Å². The number of hydrogen-bond acceptors (Lipinski definition) is 2. The van der Waals surface area contributed by atoms with Crippen LogP contribution >= 0.6 is 15.9 Å². The van der Waals surface area contributed by atoms with Crippen LogP contribution in [0.4, 0.5) is 11.4 Å². The Morgan fingerprint density at radius 3 is 2.59 bits per heavy atom. The van der Waals surface area contributed by atoms with Gasteiger partial charge in [-0.1, -0.05) is 13.8 Å². The lowest BCUT2D eigenvalue weighted by atomic mass is 10.1. The van der Waals surface area contributed by atoms with Crippen LogP contribution in [-0.2, 0) is 4.79 Å². The van der Waals surface area contributed by atoms with Crippen molar-refractivity contribution in [2.45, 2.75) is 27.2 Å². The third-order valence-electron chi connectivity index (χ3n) is 3.34. The molecule has 1 unspecified atom stereocenters. The zero-order chi connectivity index (χ0) is 12.8. The molecular formula is C13H17BrN2O. The second-order valence-electron chi connectivity index (χ2n) is 5.45. The van der Waals surface area contributed by atoms with Gasteiger partial charge in [0.2, 0.25) is 5.91 Å². The van der Waals surface area contributed by atoms with Gasteiger partial charge in [0.1, 0.15) is 0 Å². The molecule has 0 radical (unpaired) electrons. The highest BCUT2D eigenvalue weighted by atomic mass is 79.9. The number of nitrogen functional groups attached to an aromatic ring is 1. The normalized spacial score (nSPS) is 21.1. The molecule has 0 spiro atoms. The molecule has 1 aliphatic rings. The van der Waals surface area contributed by atoms with E-state index in [4.69, 9.17) is 5.73 Å². The van der Waals surface area contributed by atoms with Crippen LogP contribution in [0.25, 0.3) is 0 Å². The van der Waals surface area contributed by atoms with Crippen LogP contribution in [0.2, 0.25) is 0 Å². The van der Waals surface area contributed by atoms with Gasteiger partial charge in [0, 0.05) is 10.4 Å². The maximum Gasteiger partial charge on any atom is 0.228 e. The highest BCUT2D eigenvalue weighted by molar-refractivity contribution is 9.10. The van der Waals surface area contributed by atoms with E-state index in [9.17, 15) is 4.79 Å². The van der Waals surface area contributed by atoms with Gasteiger partial charge < -0.3 is 11.1 Å². The molecule has 0 bridgehead atoms. The van der Waals surface area contributed by atoms with Gasteiger partial charge in [0.05, 0.1) is 11.4 Å². The Morgan fingerprint density at radius 1 is 1.53 bits per heavy atom. The third-order valence-corrected chi connectivity index (χ3v) is 3.97. The zero-order valence-corrected chi connectivity index (χ0v) is 11.9. The van der Waals surface area contributed by atoms with Crippen LogP contribution in [0.1, 0.15) is 25.8 Å². The smallest absolute Gasteiger partial charge is 0.228 e. The topological polar surface area (TPSA) is 55.1 Å². The van der Waals surface area contributed by atoms with Gasteiger partial charge in [0.25, 0.3) is 0 Å². The van der Waals surface area contributed by atoms with Crippen LogP contribution in [-0.4, -0.2) is 5.91 Å². The van der Waals surface area contributed by atoms with E-state index in [0.29, 0.717) is 11.4 Å². The molecule has 1 aromatic rings. The summed E-state index contributed by atoms with van der Waals surface area (Å²) in [5.74, 6) is 0.168. The van der Waals surface area contributed by atoms with Gasteiger partial charge in [-0.2, -0.15) is 0 Å². The Balaban J connectivity index is 2.17. The molecule has 1 atom stereocenters. The number of carbonyl (C=O) groups excluding carboxylic acids is 1. The van der Waals surface area contributed by atoms with E-state index in [0.717, 1.165) is 16.5 Å². The molecule has 0 heterocycles. The molecule has 92 valence electrons. The van der Waals surface area contributed by atoms with Crippen LogP contribution in [0.15, 0.2) is 16.6 Å². The van der Waals surface area contributed by atoms with Crippen molar-refractivity contribution < 1.29 is 4.79 Å². The molecule has 3 nitrogen and oxygen atoms in total. The number of halogens is 1. The predicted molar refractivity (Wildman–Crippen MR) is 73.8 cm³/mol. The summed E-state index contributed by atoms with van der Waals surface area (Å²) >= 11 is 3.43. The first-order valence-electron chi connectivity index (χ1n) is 5.68. The molecule has 0 aliphatic heterocycles. The molecule has 1 amide bonds. The van der Waals surface area contributed by atoms with Crippen molar-refractivity contribution in [3.8, 4) is 0 Å². The van der Waals surface area contributed by atoms with Gasteiger partial charge in [0.15, 0.2) is 0 Å². The maximum atomic E-state index is 12.0. The van der Waals surface area contributed by atoms with E-state index < -0.39 is 0 Å². The Hall–Kier alpha value is -1.03. The average molecular weight is 297 g/mol. The Bertz CT molecular complexity index is 459.